The summed E-state index contributed by atoms with van der Waals surface area (Å²) in [4.78, 5) is 4.34. The maximum absolute atomic E-state index is 5.47. The summed E-state index contributed by atoms with van der Waals surface area (Å²) in [6, 6.07) is 6.57. The summed E-state index contributed by atoms with van der Waals surface area (Å²) in [5.74, 6) is 0.959. The Morgan fingerprint density at radius 3 is 3.00 bits per heavy atom. The molecule has 1 heterocycles. The summed E-state index contributed by atoms with van der Waals surface area (Å²) in [6.07, 6.45) is 2.54. The first-order chi connectivity index (χ1) is 5.88. The highest BCUT2D eigenvalue weighted by Gasteiger charge is 2.20. The van der Waals surface area contributed by atoms with E-state index in [2.05, 4.69) is 10.3 Å². The van der Waals surface area contributed by atoms with Gasteiger partial charge in [0.25, 0.3) is 0 Å². The predicted molar refractivity (Wildman–Crippen MR) is 48.8 cm³/mol. The fourth-order valence-electron chi connectivity index (χ4n) is 1.11. The Morgan fingerprint density at radius 1 is 1.50 bits per heavy atom. The van der Waals surface area contributed by atoms with E-state index in [1.165, 1.54) is 12.8 Å². The van der Waals surface area contributed by atoms with Crippen LogP contribution in [0.4, 0.5) is 5.82 Å². The topological polar surface area (TPSA) is 50.9 Å². The Bertz CT molecular complexity index is 268. The van der Waals surface area contributed by atoms with Crippen molar-refractivity contribution >= 4 is 5.82 Å². The molecule has 1 aliphatic carbocycles. The molecule has 0 atom stereocenters. The lowest BCUT2D eigenvalue weighted by Crippen LogP contribution is -2.06. The van der Waals surface area contributed by atoms with Gasteiger partial charge >= 0.3 is 0 Å². The molecule has 1 saturated carbocycles. The number of nitrogens with two attached hydrogens (primary N) is 1. The van der Waals surface area contributed by atoms with Crippen LogP contribution in [0.25, 0.3) is 0 Å². The molecule has 3 heteroatoms. The van der Waals surface area contributed by atoms with Gasteiger partial charge in [-0.15, -0.1) is 0 Å². The van der Waals surface area contributed by atoms with Crippen molar-refractivity contribution in [2.45, 2.75) is 25.4 Å². The van der Waals surface area contributed by atoms with Gasteiger partial charge in [0.15, 0.2) is 0 Å². The van der Waals surface area contributed by atoms with Crippen LogP contribution in [0.3, 0.4) is 0 Å². The fraction of sp³-hybridized carbons (Fsp3) is 0.444. The quantitative estimate of drug-likeness (QED) is 0.702. The summed E-state index contributed by atoms with van der Waals surface area (Å²) >= 11 is 0. The monoisotopic (exact) mass is 163 g/mol. The second-order valence-electron chi connectivity index (χ2n) is 3.14. The van der Waals surface area contributed by atoms with E-state index >= 15 is 0 Å². The van der Waals surface area contributed by atoms with Crippen molar-refractivity contribution in [3.63, 3.8) is 0 Å². The van der Waals surface area contributed by atoms with E-state index in [0.717, 1.165) is 11.5 Å². The van der Waals surface area contributed by atoms with Gasteiger partial charge in [-0.25, -0.2) is 4.98 Å². The van der Waals surface area contributed by atoms with Crippen LogP contribution in [0.15, 0.2) is 18.2 Å². The Balaban J connectivity index is 2.08. The summed E-state index contributed by atoms with van der Waals surface area (Å²) < 4.78 is 0. The highest BCUT2D eigenvalue weighted by atomic mass is 15.0. The molecule has 0 radical (unpaired) electrons. The normalized spacial score (nSPS) is 16.1. The minimum Gasteiger partial charge on any atom is -0.367 e. The van der Waals surface area contributed by atoms with E-state index < -0.39 is 0 Å². The van der Waals surface area contributed by atoms with Crippen LogP contribution < -0.4 is 11.1 Å². The van der Waals surface area contributed by atoms with Crippen LogP contribution in [0.5, 0.6) is 0 Å². The first-order valence-corrected chi connectivity index (χ1v) is 4.31. The van der Waals surface area contributed by atoms with Gasteiger partial charge < -0.3 is 11.1 Å². The standard InChI is InChI=1S/C9H13N3/c10-6-8-2-1-3-9(12-8)11-7-4-5-7/h1-3,7H,4-6,10H2,(H,11,12). The first kappa shape index (κ1) is 7.55. The maximum atomic E-state index is 5.47. The van der Waals surface area contributed by atoms with Gasteiger partial charge in [0, 0.05) is 12.6 Å². The van der Waals surface area contributed by atoms with Crippen molar-refractivity contribution in [2.24, 2.45) is 5.73 Å². The Hall–Kier alpha value is -1.09. The molecule has 64 valence electrons. The molecule has 1 aliphatic rings. The molecule has 1 aromatic rings. The molecule has 1 aromatic heterocycles. The summed E-state index contributed by atoms with van der Waals surface area (Å²) in [7, 11) is 0. The molecule has 0 unspecified atom stereocenters. The summed E-state index contributed by atoms with van der Waals surface area (Å²) in [6.45, 7) is 0.514. The molecular formula is C9H13N3. The average Bonchev–Trinajstić information content (AvgIpc) is 2.89. The highest BCUT2D eigenvalue weighted by Crippen LogP contribution is 2.23. The first-order valence-electron chi connectivity index (χ1n) is 4.31. The molecular weight excluding hydrogens is 150 g/mol. The molecule has 0 saturated heterocycles. The van der Waals surface area contributed by atoms with Crippen molar-refractivity contribution in [1.82, 2.24) is 4.98 Å². The third-order valence-electron chi connectivity index (χ3n) is 1.95. The molecule has 1 fully saturated rings. The van der Waals surface area contributed by atoms with Gasteiger partial charge in [-0.1, -0.05) is 6.07 Å². The Kier molecular flexibility index (Phi) is 1.96. The second kappa shape index (κ2) is 3.11. The zero-order valence-electron chi connectivity index (χ0n) is 6.96. The number of hydrogen-bond donors (Lipinski definition) is 2. The van der Waals surface area contributed by atoms with E-state index in [4.69, 9.17) is 5.73 Å². The molecule has 0 aromatic carbocycles. The van der Waals surface area contributed by atoms with Crippen LogP contribution in [0.1, 0.15) is 18.5 Å². The number of aromatic nitrogens is 1. The predicted octanol–water partition coefficient (Wildman–Crippen LogP) is 1.11. The van der Waals surface area contributed by atoms with Crippen LogP contribution >= 0.6 is 0 Å². The average molecular weight is 163 g/mol. The molecule has 0 aliphatic heterocycles. The number of anilines is 1. The zero-order chi connectivity index (χ0) is 8.39. The number of nitrogens with zero attached hydrogens (tertiary/aromatic N) is 1. The van der Waals surface area contributed by atoms with Gasteiger partial charge in [-0.05, 0) is 25.0 Å². The Labute approximate surface area is 72.0 Å². The molecule has 0 amide bonds. The van der Waals surface area contributed by atoms with Gasteiger partial charge in [-0.3, -0.25) is 0 Å². The molecule has 12 heavy (non-hydrogen) atoms. The van der Waals surface area contributed by atoms with Crippen LogP contribution in [-0.2, 0) is 6.54 Å². The molecule has 0 bridgehead atoms. The van der Waals surface area contributed by atoms with Crippen LogP contribution in [0.2, 0.25) is 0 Å². The SMILES string of the molecule is NCc1cccc(NC2CC2)n1. The van der Waals surface area contributed by atoms with Crippen LogP contribution in [-0.4, -0.2) is 11.0 Å². The minimum atomic E-state index is 0.514. The smallest absolute Gasteiger partial charge is 0.126 e. The van der Waals surface area contributed by atoms with Crippen molar-refractivity contribution in [1.29, 1.82) is 0 Å². The summed E-state index contributed by atoms with van der Waals surface area (Å²) in [5, 5.41) is 3.32. The third-order valence-corrected chi connectivity index (χ3v) is 1.95. The third kappa shape index (κ3) is 1.74. The van der Waals surface area contributed by atoms with Crippen LogP contribution in [0, 0.1) is 0 Å². The van der Waals surface area contributed by atoms with Crippen molar-refractivity contribution in [3.05, 3.63) is 23.9 Å². The van der Waals surface area contributed by atoms with Gasteiger partial charge in [0.05, 0.1) is 5.69 Å². The van der Waals surface area contributed by atoms with E-state index in [1.54, 1.807) is 0 Å². The van der Waals surface area contributed by atoms with Gasteiger partial charge in [0.1, 0.15) is 5.82 Å². The molecule has 2 rings (SSSR count). The summed E-state index contributed by atoms with van der Waals surface area (Å²) in [5.41, 5.74) is 6.42. The molecule has 0 spiro atoms. The maximum Gasteiger partial charge on any atom is 0.126 e. The number of hydrogen-bond acceptors (Lipinski definition) is 3. The lowest BCUT2D eigenvalue weighted by Gasteiger charge is -2.03. The lowest BCUT2D eigenvalue weighted by atomic mass is 10.3. The minimum absolute atomic E-state index is 0.514. The number of rotatable bonds is 3. The largest absolute Gasteiger partial charge is 0.367 e. The fourth-order valence-corrected chi connectivity index (χ4v) is 1.11. The number of pyridine rings is 1. The van der Waals surface area contributed by atoms with E-state index in [-0.39, 0.29) is 0 Å². The highest BCUT2D eigenvalue weighted by molar-refractivity contribution is 5.37. The second-order valence-corrected chi connectivity index (χ2v) is 3.14. The van der Waals surface area contributed by atoms with Crippen molar-refractivity contribution in [2.75, 3.05) is 5.32 Å². The lowest BCUT2D eigenvalue weighted by molar-refractivity contribution is 0.980. The Morgan fingerprint density at radius 2 is 2.33 bits per heavy atom. The number of nitrogens with one attached hydrogen (secondary N) is 1. The molecule has 3 N–H and O–H groups in total. The van der Waals surface area contributed by atoms with E-state index in [1.807, 2.05) is 18.2 Å². The zero-order valence-corrected chi connectivity index (χ0v) is 6.96. The molecule has 3 nitrogen and oxygen atoms in total. The van der Waals surface area contributed by atoms with Crippen molar-refractivity contribution in [3.8, 4) is 0 Å². The van der Waals surface area contributed by atoms with E-state index in [9.17, 15) is 0 Å². The van der Waals surface area contributed by atoms with Gasteiger partial charge in [0.2, 0.25) is 0 Å². The van der Waals surface area contributed by atoms with Gasteiger partial charge in [-0.2, -0.15) is 0 Å². The van der Waals surface area contributed by atoms with Crippen molar-refractivity contribution < 1.29 is 0 Å². The van der Waals surface area contributed by atoms with E-state index in [0.29, 0.717) is 12.6 Å².